The molecule has 0 saturated carbocycles. The summed E-state index contributed by atoms with van der Waals surface area (Å²) in [6.07, 6.45) is 17.2. The van der Waals surface area contributed by atoms with Gasteiger partial charge >= 0.3 is 0 Å². The predicted molar refractivity (Wildman–Crippen MR) is 89.7 cm³/mol. The van der Waals surface area contributed by atoms with Crippen LogP contribution in [0.4, 0.5) is 0 Å². The summed E-state index contributed by atoms with van der Waals surface area (Å²) in [6, 6.07) is 0. The molecule has 1 aliphatic rings. The number of hydrogen-bond acceptors (Lipinski definition) is 2. The van der Waals surface area contributed by atoms with Crippen LogP contribution in [0.2, 0.25) is 0 Å². The Morgan fingerprint density at radius 3 is 2.95 bits per heavy atom. The summed E-state index contributed by atoms with van der Waals surface area (Å²) in [5.74, 6) is 0.351. The highest BCUT2D eigenvalue weighted by Crippen LogP contribution is 2.17. The highest BCUT2D eigenvalue weighted by atomic mass is 16.1. The van der Waals surface area contributed by atoms with Gasteiger partial charge in [-0.05, 0) is 31.3 Å². The fraction of sp³-hybridized carbons (Fsp3) is 0.389. The molecule has 1 rings (SSSR count). The van der Waals surface area contributed by atoms with Crippen molar-refractivity contribution in [3.05, 3.63) is 60.3 Å². The SMILES string of the molecule is C=C(/C=C\C)C(=O)NCCCCC1C=CC=CC(CN)=C1. The third-order valence-corrected chi connectivity index (χ3v) is 3.35. The first-order valence-corrected chi connectivity index (χ1v) is 7.52. The van der Waals surface area contributed by atoms with Crippen molar-refractivity contribution in [1.29, 1.82) is 0 Å². The molecule has 0 saturated heterocycles. The molecule has 21 heavy (non-hydrogen) atoms. The minimum absolute atomic E-state index is 0.0861. The third-order valence-electron chi connectivity index (χ3n) is 3.35. The Morgan fingerprint density at radius 2 is 2.24 bits per heavy atom. The molecule has 114 valence electrons. The van der Waals surface area contributed by atoms with Crippen molar-refractivity contribution in [2.24, 2.45) is 11.7 Å². The normalized spacial score (nSPS) is 17.6. The van der Waals surface area contributed by atoms with Crippen LogP contribution in [0.25, 0.3) is 0 Å². The van der Waals surface area contributed by atoms with E-state index in [4.69, 9.17) is 5.73 Å². The molecule has 0 heterocycles. The minimum atomic E-state index is -0.0861. The molecule has 0 radical (unpaired) electrons. The van der Waals surface area contributed by atoms with E-state index >= 15 is 0 Å². The van der Waals surface area contributed by atoms with Crippen molar-refractivity contribution in [2.75, 3.05) is 13.1 Å². The lowest BCUT2D eigenvalue weighted by Gasteiger charge is -2.09. The van der Waals surface area contributed by atoms with Crippen molar-refractivity contribution in [2.45, 2.75) is 26.2 Å². The summed E-state index contributed by atoms with van der Waals surface area (Å²) in [5, 5.41) is 2.88. The third kappa shape index (κ3) is 6.91. The standard InChI is InChI=1S/C18H26N2O/c1-3-8-15(2)18(21)20-12-7-6-10-16-9-4-5-11-17(13-16)14-19/h3-5,8-9,11,13,16H,2,6-7,10,12,14,19H2,1H3,(H,20,21)/b8-3-. The van der Waals surface area contributed by atoms with Gasteiger partial charge in [0.25, 0.3) is 5.91 Å². The van der Waals surface area contributed by atoms with Gasteiger partial charge in [0, 0.05) is 18.7 Å². The highest BCUT2D eigenvalue weighted by molar-refractivity contribution is 5.95. The molecule has 0 aromatic carbocycles. The molecule has 1 unspecified atom stereocenters. The molecule has 0 aliphatic heterocycles. The fourth-order valence-electron chi connectivity index (χ4n) is 2.19. The number of carbonyl (C=O) groups excluding carboxylic acids is 1. The summed E-state index contributed by atoms with van der Waals surface area (Å²) in [7, 11) is 0. The Labute approximate surface area is 128 Å². The number of allylic oxidation sites excluding steroid dienone is 5. The van der Waals surface area contributed by atoms with Gasteiger partial charge in [-0.3, -0.25) is 4.79 Å². The maximum Gasteiger partial charge on any atom is 0.250 e. The van der Waals surface area contributed by atoms with Gasteiger partial charge in [0.05, 0.1) is 0 Å². The van der Waals surface area contributed by atoms with E-state index in [9.17, 15) is 4.79 Å². The van der Waals surface area contributed by atoms with Gasteiger partial charge in [0.15, 0.2) is 0 Å². The lowest BCUT2D eigenvalue weighted by atomic mass is 9.99. The Balaban J connectivity index is 2.22. The second kappa shape index (κ2) is 9.94. The molecule has 3 heteroatoms. The number of hydrogen-bond donors (Lipinski definition) is 2. The Hall–Kier alpha value is -1.87. The predicted octanol–water partition coefficient (Wildman–Crippen LogP) is 3.03. The molecule has 1 atom stereocenters. The average molecular weight is 286 g/mol. The van der Waals surface area contributed by atoms with Gasteiger partial charge in [-0.15, -0.1) is 0 Å². The molecular weight excluding hydrogens is 260 g/mol. The average Bonchev–Trinajstić information content (AvgIpc) is 2.72. The quantitative estimate of drug-likeness (QED) is 0.409. The zero-order valence-electron chi connectivity index (χ0n) is 12.8. The van der Waals surface area contributed by atoms with Gasteiger partial charge in [-0.1, -0.05) is 55.5 Å². The van der Waals surface area contributed by atoms with Gasteiger partial charge in [0.1, 0.15) is 0 Å². The van der Waals surface area contributed by atoms with E-state index in [-0.39, 0.29) is 5.91 Å². The minimum Gasteiger partial charge on any atom is -0.352 e. The number of amides is 1. The van der Waals surface area contributed by atoms with Crippen LogP contribution in [0.5, 0.6) is 0 Å². The van der Waals surface area contributed by atoms with Crippen LogP contribution in [0.3, 0.4) is 0 Å². The van der Waals surface area contributed by atoms with E-state index in [0.717, 1.165) is 19.3 Å². The molecule has 3 N–H and O–H groups in total. The summed E-state index contributed by atoms with van der Waals surface area (Å²) in [6.45, 7) is 6.86. The van der Waals surface area contributed by atoms with Crippen LogP contribution in [-0.2, 0) is 4.79 Å². The molecular formula is C18H26N2O. The van der Waals surface area contributed by atoms with Crippen LogP contribution in [0, 0.1) is 5.92 Å². The largest absolute Gasteiger partial charge is 0.352 e. The molecule has 0 fully saturated rings. The first-order valence-electron chi connectivity index (χ1n) is 7.52. The Bertz CT molecular complexity index is 470. The number of nitrogens with one attached hydrogen (secondary N) is 1. The second-order valence-electron chi connectivity index (χ2n) is 5.13. The van der Waals surface area contributed by atoms with E-state index in [0.29, 0.717) is 24.6 Å². The van der Waals surface area contributed by atoms with Crippen molar-refractivity contribution in [3.63, 3.8) is 0 Å². The van der Waals surface area contributed by atoms with E-state index < -0.39 is 0 Å². The van der Waals surface area contributed by atoms with Crippen molar-refractivity contribution >= 4 is 5.91 Å². The topological polar surface area (TPSA) is 55.1 Å². The maximum absolute atomic E-state index is 11.6. The van der Waals surface area contributed by atoms with Crippen LogP contribution in [-0.4, -0.2) is 19.0 Å². The van der Waals surface area contributed by atoms with Gasteiger partial charge in [-0.25, -0.2) is 0 Å². The van der Waals surface area contributed by atoms with E-state index in [2.05, 4.69) is 36.2 Å². The molecule has 0 bridgehead atoms. The van der Waals surface area contributed by atoms with E-state index in [1.807, 2.05) is 19.1 Å². The lowest BCUT2D eigenvalue weighted by Crippen LogP contribution is -2.25. The zero-order valence-corrected chi connectivity index (χ0v) is 12.8. The fourth-order valence-corrected chi connectivity index (χ4v) is 2.19. The Kier molecular flexibility index (Phi) is 8.14. The van der Waals surface area contributed by atoms with Crippen LogP contribution >= 0.6 is 0 Å². The van der Waals surface area contributed by atoms with E-state index in [1.165, 1.54) is 5.57 Å². The highest BCUT2D eigenvalue weighted by Gasteiger charge is 2.05. The monoisotopic (exact) mass is 286 g/mol. The van der Waals surface area contributed by atoms with Gasteiger partial charge in [-0.2, -0.15) is 0 Å². The van der Waals surface area contributed by atoms with Crippen molar-refractivity contribution in [3.8, 4) is 0 Å². The molecule has 1 aliphatic carbocycles. The molecule has 0 aromatic heterocycles. The Morgan fingerprint density at radius 1 is 1.43 bits per heavy atom. The summed E-state index contributed by atoms with van der Waals surface area (Å²) in [5.41, 5.74) is 7.38. The van der Waals surface area contributed by atoms with Gasteiger partial charge in [0.2, 0.25) is 0 Å². The van der Waals surface area contributed by atoms with Crippen LogP contribution in [0.15, 0.2) is 60.3 Å². The van der Waals surface area contributed by atoms with Gasteiger partial charge < -0.3 is 11.1 Å². The smallest absolute Gasteiger partial charge is 0.250 e. The van der Waals surface area contributed by atoms with E-state index in [1.54, 1.807) is 6.08 Å². The lowest BCUT2D eigenvalue weighted by molar-refractivity contribution is -0.117. The maximum atomic E-state index is 11.6. The number of carbonyl (C=O) groups is 1. The summed E-state index contributed by atoms with van der Waals surface area (Å²) in [4.78, 5) is 11.6. The molecule has 3 nitrogen and oxygen atoms in total. The molecule has 0 aromatic rings. The first-order chi connectivity index (χ1) is 10.2. The van der Waals surface area contributed by atoms with Crippen molar-refractivity contribution in [1.82, 2.24) is 5.32 Å². The number of nitrogens with two attached hydrogens (primary N) is 1. The first kappa shape index (κ1) is 17.2. The van der Waals surface area contributed by atoms with Crippen molar-refractivity contribution < 1.29 is 4.79 Å². The number of unbranched alkanes of at least 4 members (excludes halogenated alkanes) is 1. The molecule has 0 spiro atoms. The number of rotatable bonds is 8. The van der Waals surface area contributed by atoms with Crippen LogP contribution in [0.1, 0.15) is 26.2 Å². The molecule has 1 amide bonds. The summed E-state index contributed by atoms with van der Waals surface area (Å²) < 4.78 is 0. The summed E-state index contributed by atoms with van der Waals surface area (Å²) >= 11 is 0. The second-order valence-corrected chi connectivity index (χ2v) is 5.13. The zero-order chi connectivity index (χ0) is 15.5. The van der Waals surface area contributed by atoms with Crippen LogP contribution < -0.4 is 11.1 Å².